The lowest BCUT2D eigenvalue weighted by atomic mass is 9.76. The fourth-order valence-electron chi connectivity index (χ4n) is 10.5. The maximum absolute atomic E-state index is 13.2. The van der Waals surface area contributed by atoms with E-state index in [9.17, 15) is 29.6 Å². The lowest BCUT2D eigenvalue weighted by Crippen LogP contribution is -2.30. The Labute approximate surface area is 510 Å². The van der Waals surface area contributed by atoms with Gasteiger partial charge in [-0.3, -0.25) is 14.7 Å². The molecule has 14 aromatic rings. The molecule has 10 aromatic carbocycles. The van der Waals surface area contributed by atoms with Gasteiger partial charge in [-0.2, -0.15) is 0 Å². The Bertz CT molecular complexity index is 5990. The summed E-state index contributed by atoms with van der Waals surface area (Å²) in [5, 5.41) is 22.9. The molecule has 0 unspecified atom stereocenters. The van der Waals surface area contributed by atoms with E-state index in [0.717, 1.165) is 26.0 Å². The van der Waals surface area contributed by atoms with Crippen molar-refractivity contribution in [3.63, 3.8) is 0 Å². The molecule has 0 aliphatic carbocycles. The average Bonchev–Trinajstić information content (AvgIpc) is 1.18. The van der Waals surface area contributed by atoms with Gasteiger partial charge in [0.2, 0.25) is 19.7 Å². The molecule has 16 rings (SSSR count). The van der Waals surface area contributed by atoms with Gasteiger partial charge in [-0.1, -0.05) is 187 Å². The van der Waals surface area contributed by atoms with Crippen LogP contribution in [0.1, 0.15) is 25.2 Å². The number of nitrogens with zero attached hydrogens (tertiary/aromatic N) is 4. The lowest BCUT2D eigenvalue weighted by Gasteiger charge is -2.13. The van der Waals surface area contributed by atoms with Gasteiger partial charge in [0.05, 0.1) is 70.9 Å². The molecule has 0 atom stereocenters. The molecule has 2 aliphatic heterocycles. The molecule has 10 nitrogen and oxygen atoms in total. The summed E-state index contributed by atoms with van der Waals surface area (Å²) >= 11 is 3.33. The standard InChI is InChI=1S/C34H20N2O2S.C22H15BN2O2.C12H7BrO2S.CH4.FH/c37-39(38)31-10-4-3-9-28(31)29-20-23(14-18-32(29)39)24-15-16-27(26-8-2-1-7-25(24)26)30-17-13-22-12-11-21-6-5-19-35-33(21)34(22)36-30;26-23(27)19-11-10-18(16-5-1-2-6-17(16)19)20-12-9-15-8-7-14-4-3-13-24-21(14)22(15)25-20;13-8-5-6-12-10(7-8)9-3-1-2-4-11(9)16(12,14)15;;/h1-20H;1-13,26-27H;1-7H;1H4;1H/i1D,2D,7D,8D,15D,16D;1D,2D,5D,6D,10D,11D;1D;;. The first-order chi connectivity index (χ1) is 45.3. The summed E-state index contributed by atoms with van der Waals surface area (Å²) in [6.07, 6.45) is 3.30. The van der Waals surface area contributed by atoms with E-state index in [2.05, 4.69) is 30.9 Å². The van der Waals surface area contributed by atoms with Crippen LogP contribution in [-0.2, 0) is 19.7 Å². The van der Waals surface area contributed by atoms with Gasteiger partial charge in [0.15, 0.2) is 0 Å². The second-order valence-corrected chi connectivity index (χ2v) is 23.7. The van der Waals surface area contributed by atoms with Crippen molar-refractivity contribution < 1.29 is 49.4 Å². The summed E-state index contributed by atoms with van der Waals surface area (Å²) in [5.41, 5.74) is 5.25. The number of hydrogen-bond acceptors (Lipinski definition) is 10. The Kier molecular flexibility index (Phi) is 10.8. The fraction of sp³-hybridized carbons (Fsp3) is 0.0145. The number of aromatic nitrogens is 4. The molecule has 6 heterocycles. The van der Waals surface area contributed by atoms with E-state index in [1.165, 1.54) is 30.3 Å². The Balaban J connectivity index is 0.000000151. The van der Waals surface area contributed by atoms with E-state index in [1.807, 2.05) is 48.5 Å². The minimum atomic E-state index is -3.75. The summed E-state index contributed by atoms with van der Waals surface area (Å²) < 4.78 is 163. The van der Waals surface area contributed by atoms with Crippen LogP contribution >= 0.6 is 15.9 Å². The highest BCUT2D eigenvalue weighted by Crippen LogP contribution is 2.47. The third kappa shape index (κ3) is 9.27. The highest BCUT2D eigenvalue weighted by molar-refractivity contribution is 9.10. The van der Waals surface area contributed by atoms with Crippen molar-refractivity contribution in [1.82, 2.24) is 19.9 Å². The molecule has 0 fully saturated rings. The monoisotopic (exact) mass is 1210 g/mol. The largest absolute Gasteiger partial charge is 0.489 e. The van der Waals surface area contributed by atoms with Gasteiger partial charge in [-0.25, -0.2) is 26.8 Å². The zero-order valence-corrected chi connectivity index (χ0v) is 45.8. The first-order valence-electron chi connectivity index (χ1n) is 31.7. The number of benzene rings is 10. The second kappa shape index (κ2) is 21.8. The molecule has 0 bridgehead atoms. The van der Waals surface area contributed by atoms with Gasteiger partial charge in [-0.05, 0) is 105 Å². The third-order valence-corrected chi connectivity index (χ3v) is 18.6. The minimum Gasteiger partial charge on any atom is -0.423 e. The zero-order valence-electron chi connectivity index (χ0n) is 55.6. The number of fused-ring (bicyclic) bond motifs is 14. The maximum Gasteiger partial charge on any atom is 0.489 e. The summed E-state index contributed by atoms with van der Waals surface area (Å²) in [6, 6.07) is 37.9. The van der Waals surface area contributed by atoms with Crippen LogP contribution in [0, 0.1) is 0 Å². The molecular formula is C69H47BBrFN4O6S2. The van der Waals surface area contributed by atoms with Gasteiger partial charge >= 0.3 is 7.12 Å². The first kappa shape index (κ1) is 41.6. The van der Waals surface area contributed by atoms with Gasteiger partial charge in [0.1, 0.15) is 0 Å². The Hall–Kier alpha value is -9.35. The van der Waals surface area contributed by atoms with Crippen LogP contribution in [0.15, 0.2) is 267 Å². The van der Waals surface area contributed by atoms with Crippen LogP contribution < -0.4 is 5.46 Å². The molecule has 0 spiro atoms. The van der Waals surface area contributed by atoms with Gasteiger partial charge in [0, 0.05) is 71.8 Å². The Morgan fingerprint density at radius 2 is 0.857 bits per heavy atom. The number of halogens is 2. The summed E-state index contributed by atoms with van der Waals surface area (Å²) in [5.74, 6) is 0. The molecule has 0 amide bonds. The van der Waals surface area contributed by atoms with E-state index in [4.69, 9.17) is 20.1 Å². The van der Waals surface area contributed by atoms with Crippen molar-refractivity contribution in [2.75, 3.05) is 0 Å². The molecule has 0 saturated heterocycles. The normalized spacial score (nSPS) is 15.1. The highest BCUT2D eigenvalue weighted by atomic mass is 79.9. The summed E-state index contributed by atoms with van der Waals surface area (Å²) in [4.78, 5) is 19.4. The van der Waals surface area contributed by atoms with Crippen molar-refractivity contribution in [1.29, 1.82) is 0 Å². The Morgan fingerprint density at radius 1 is 0.405 bits per heavy atom. The topological polar surface area (TPSA) is 160 Å². The number of pyridine rings is 4. The van der Waals surface area contributed by atoms with Gasteiger partial charge in [-0.15, -0.1) is 0 Å². The lowest BCUT2D eigenvalue weighted by molar-refractivity contribution is 0.426. The van der Waals surface area contributed by atoms with Crippen molar-refractivity contribution >= 4 is 113 Å². The number of rotatable bonds is 4. The summed E-state index contributed by atoms with van der Waals surface area (Å²) in [7, 11) is -9.35. The van der Waals surface area contributed by atoms with E-state index < -0.39 is 80.6 Å². The molecule has 408 valence electrons. The van der Waals surface area contributed by atoms with Crippen LogP contribution in [0.25, 0.3) is 121 Å². The molecule has 2 aliphatic rings. The smallest absolute Gasteiger partial charge is 0.423 e. The van der Waals surface area contributed by atoms with E-state index in [1.54, 1.807) is 85.2 Å². The predicted molar refractivity (Wildman–Crippen MR) is 340 cm³/mol. The van der Waals surface area contributed by atoms with Crippen molar-refractivity contribution in [3.05, 3.63) is 247 Å². The predicted octanol–water partition coefficient (Wildman–Crippen LogP) is 15.4. The fourth-order valence-corrected chi connectivity index (χ4v) is 14.2. The Morgan fingerprint density at radius 3 is 1.45 bits per heavy atom. The highest BCUT2D eigenvalue weighted by Gasteiger charge is 2.34. The van der Waals surface area contributed by atoms with Crippen molar-refractivity contribution in [2.24, 2.45) is 0 Å². The van der Waals surface area contributed by atoms with Gasteiger partial charge < -0.3 is 10.0 Å². The number of sulfone groups is 2. The maximum atomic E-state index is 13.2. The van der Waals surface area contributed by atoms with E-state index >= 15 is 0 Å². The molecule has 0 saturated carbocycles. The van der Waals surface area contributed by atoms with Crippen LogP contribution in [0.5, 0.6) is 0 Å². The van der Waals surface area contributed by atoms with Crippen LogP contribution in [0.3, 0.4) is 0 Å². The minimum absolute atomic E-state index is 0. The molecule has 84 heavy (non-hydrogen) atoms. The van der Waals surface area contributed by atoms with Crippen molar-refractivity contribution in [2.45, 2.75) is 27.0 Å². The molecule has 4 aromatic heterocycles. The zero-order chi connectivity index (χ0) is 67.2. The van der Waals surface area contributed by atoms with Crippen LogP contribution in [0.4, 0.5) is 4.70 Å². The average molecular weight is 1220 g/mol. The quantitative estimate of drug-likeness (QED) is 0.128. The first-order valence-corrected chi connectivity index (χ1v) is 28.9. The van der Waals surface area contributed by atoms with Gasteiger partial charge in [0.25, 0.3) is 0 Å². The molecular weight excluding hydrogens is 1150 g/mol. The van der Waals surface area contributed by atoms with Crippen molar-refractivity contribution in [3.8, 4) is 55.9 Å². The second-order valence-electron chi connectivity index (χ2n) is 19.0. The molecule has 15 heteroatoms. The summed E-state index contributed by atoms with van der Waals surface area (Å²) in [6.45, 7) is 0. The third-order valence-electron chi connectivity index (χ3n) is 14.3. The SMILES string of the molecule is C.F.[2H]c1c([2H])c([2H])c2c(-c3ccc4ccc5cccnc5c4n3)c([2H])c([2H])c(-c3ccc4c(c3)-c3ccccc3S4(=O)=O)c2c1[2H].[2H]c1c([2H])c([2H])c2c(-c3ccc4ccc5cccnc5c4n3)c([2H])c([2H])c(B(O)O)c2c1[2H].[2H]c1ccc2c(c1)-c1cc(Br)ccc1S2(=O)=O. The van der Waals surface area contributed by atoms with Crippen LogP contribution in [-0.4, -0.2) is 53.9 Å². The molecule has 2 N–H and O–H groups in total. The number of hydrogen-bond donors (Lipinski definition) is 2. The molecule has 0 radical (unpaired) electrons. The van der Waals surface area contributed by atoms with E-state index in [-0.39, 0.29) is 95.7 Å². The van der Waals surface area contributed by atoms with E-state index in [0.29, 0.717) is 65.7 Å². The van der Waals surface area contributed by atoms with Crippen LogP contribution in [0.2, 0.25) is 0 Å².